The molecule has 1 unspecified atom stereocenters. The Bertz CT molecular complexity index is 449. The van der Waals surface area contributed by atoms with Crippen molar-refractivity contribution in [2.24, 2.45) is 5.41 Å². The van der Waals surface area contributed by atoms with Gasteiger partial charge in [0, 0.05) is 5.41 Å². The van der Waals surface area contributed by atoms with Crippen LogP contribution < -0.4 is 4.74 Å². The number of carbonyl (C=O) groups is 1. The second-order valence-corrected chi connectivity index (χ2v) is 5.71. The van der Waals surface area contributed by atoms with Crippen LogP contribution in [0.1, 0.15) is 51.0 Å². The summed E-state index contributed by atoms with van der Waals surface area (Å²) in [4.78, 5) is 10.8. The van der Waals surface area contributed by atoms with Crippen LogP contribution in [0.3, 0.4) is 0 Å². The van der Waals surface area contributed by atoms with Gasteiger partial charge < -0.3 is 9.84 Å². The lowest BCUT2D eigenvalue weighted by Gasteiger charge is -2.19. The van der Waals surface area contributed by atoms with Crippen LogP contribution in [0.5, 0.6) is 5.75 Å². The largest absolute Gasteiger partial charge is 0.493 e. The summed E-state index contributed by atoms with van der Waals surface area (Å²) in [7, 11) is 0. The molecular formula is C16H22O3. The molecule has 3 heteroatoms. The highest BCUT2D eigenvalue weighted by Crippen LogP contribution is 2.49. The molecule has 0 aliphatic heterocycles. The van der Waals surface area contributed by atoms with Gasteiger partial charge in [-0.2, -0.15) is 0 Å². The Labute approximate surface area is 114 Å². The molecule has 0 spiro atoms. The topological polar surface area (TPSA) is 46.5 Å². The fourth-order valence-corrected chi connectivity index (χ4v) is 2.34. The predicted octanol–water partition coefficient (Wildman–Crippen LogP) is 3.83. The van der Waals surface area contributed by atoms with E-state index in [-0.39, 0.29) is 11.8 Å². The monoisotopic (exact) mass is 262 g/mol. The van der Waals surface area contributed by atoms with E-state index in [0.717, 1.165) is 25.0 Å². The summed E-state index contributed by atoms with van der Waals surface area (Å²) in [6.07, 6.45) is 3.22. The number of hydrogen-bond acceptors (Lipinski definition) is 2. The van der Waals surface area contributed by atoms with Gasteiger partial charge in [0.15, 0.2) is 0 Å². The molecule has 0 heterocycles. The predicted molar refractivity (Wildman–Crippen MR) is 74.6 cm³/mol. The van der Waals surface area contributed by atoms with Crippen molar-refractivity contribution in [2.75, 3.05) is 6.61 Å². The van der Waals surface area contributed by atoms with E-state index in [1.165, 1.54) is 5.56 Å². The molecule has 1 atom stereocenters. The van der Waals surface area contributed by atoms with Crippen molar-refractivity contribution in [3.63, 3.8) is 0 Å². The van der Waals surface area contributed by atoms with Crippen LogP contribution in [0, 0.1) is 5.41 Å². The number of rotatable bonds is 7. The Morgan fingerprint density at radius 1 is 1.42 bits per heavy atom. The van der Waals surface area contributed by atoms with Crippen LogP contribution in [0.2, 0.25) is 0 Å². The van der Waals surface area contributed by atoms with Crippen LogP contribution in [-0.4, -0.2) is 17.7 Å². The molecule has 1 N–H and O–H groups in total. The summed E-state index contributed by atoms with van der Waals surface area (Å²) < 4.78 is 5.92. The molecule has 1 saturated carbocycles. The van der Waals surface area contributed by atoms with Crippen molar-refractivity contribution in [3.05, 3.63) is 29.8 Å². The summed E-state index contributed by atoms with van der Waals surface area (Å²) in [5.41, 5.74) is 1.10. The maximum atomic E-state index is 10.8. The smallest absolute Gasteiger partial charge is 0.304 e. The van der Waals surface area contributed by atoms with E-state index in [0.29, 0.717) is 12.5 Å². The van der Waals surface area contributed by atoms with Crippen molar-refractivity contribution in [3.8, 4) is 5.75 Å². The molecule has 0 bridgehead atoms. The summed E-state index contributed by atoms with van der Waals surface area (Å²) in [5, 5.41) is 8.91. The molecule has 0 saturated heterocycles. The van der Waals surface area contributed by atoms with E-state index in [9.17, 15) is 4.79 Å². The van der Waals surface area contributed by atoms with Crippen LogP contribution in [0.15, 0.2) is 24.3 Å². The highest BCUT2D eigenvalue weighted by atomic mass is 16.5. The van der Waals surface area contributed by atoms with E-state index < -0.39 is 5.97 Å². The first-order chi connectivity index (χ1) is 9.06. The minimum atomic E-state index is -0.726. The lowest BCUT2D eigenvalue weighted by atomic mass is 9.97. The highest BCUT2D eigenvalue weighted by molar-refractivity contribution is 5.68. The first kappa shape index (κ1) is 13.9. The first-order valence-corrected chi connectivity index (χ1v) is 7.00. The van der Waals surface area contributed by atoms with Crippen LogP contribution in [0.4, 0.5) is 0 Å². The average Bonchev–Trinajstić information content (AvgIpc) is 3.15. The molecular weight excluding hydrogens is 240 g/mol. The number of para-hydroxylation sites is 1. The van der Waals surface area contributed by atoms with Gasteiger partial charge in [-0.15, -0.1) is 0 Å². The summed E-state index contributed by atoms with van der Waals surface area (Å²) in [6.45, 7) is 4.87. The fraction of sp³-hybridized carbons (Fsp3) is 0.562. The van der Waals surface area contributed by atoms with Crippen molar-refractivity contribution in [2.45, 2.75) is 45.4 Å². The van der Waals surface area contributed by atoms with E-state index in [2.05, 4.69) is 19.9 Å². The lowest BCUT2D eigenvalue weighted by molar-refractivity contribution is -0.138. The maximum Gasteiger partial charge on any atom is 0.304 e. The van der Waals surface area contributed by atoms with Crippen molar-refractivity contribution in [1.29, 1.82) is 0 Å². The van der Waals surface area contributed by atoms with Gasteiger partial charge in [0.25, 0.3) is 0 Å². The second-order valence-electron chi connectivity index (χ2n) is 5.71. The standard InChI is InChI=1S/C16H22O3/c1-3-12(2)13-6-4-5-7-14(13)19-11-16(8-9-16)10-15(17)18/h4-7,12H,3,8-11H2,1-2H3,(H,17,18). The molecule has 1 aliphatic rings. The molecule has 1 fully saturated rings. The van der Waals surface area contributed by atoms with Crippen LogP contribution in [-0.2, 0) is 4.79 Å². The van der Waals surface area contributed by atoms with Gasteiger partial charge in [-0.1, -0.05) is 32.0 Å². The average molecular weight is 262 g/mol. The summed E-state index contributed by atoms with van der Waals surface area (Å²) in [5.74, 6) is 0.649. The van der Waals surface area contributed by atoms with Crippen LogP contribution >= 0.6 is 0 Å². The third kappa shape index (κ3) is 3.49. The van der Waals surface area contributed by atoms with E-state index in [1.54, 1.807) is 0 Å². The molecule has 1 aromatic carbocycles. The zero-order chi connectivity index (χ0) is 13.9. The molecule has 1 aliphatic carbocycles. The maximum absolute atomic E-state index is 10.8. The Hall–Kier alpha value is -1.51. The quantitative estimate of drug-likeness (QED) is 0.812. The molecule has 0 radical (unpaired) electrons. The number of aliphatic carboxylic acids is 1. The molecule has 2 rings (SSSR count). The molecule has 0 aromatic heterocycles. The third-order valence-corrected chi connectivity index (χ3v) is 4.08. The van der Waals surface area contributed by atoms with Gasteiger partial charge in [0.2, 0.25) is 0 Å². The zero-order valence-electron chi connectivity index (χ0n) is 11.7. The Balaban J connectivity index is 2.02. The fourth-order valence-electron chi connectivity index (χ4n) is 2.34. The first-order valence-electron chi connectivity index (χ1n) is 7.00. The number of hydrogen-bond donors (Lipinski definition) is 1. The normalized spacial score (nSPS) is 17.8. The number of carboxylic acid groups (broad SMARTS) is 1. The van der Waals surface area contributed by atoms with Gasteiger partial charge in [-0.05, 0) is 36.8 Å². The van der Waals surface area contributed by atoms with Crippen molar-refractivity contribution >= 4 is 5.97 Å². The highest BCUT2D eigenvalue weighted by Gasteiger charge is 2.45. The van der Waals surface area contributed by atoms with Gasteiger partial charge >= 0.3 is 5.97 Å². The molecule has 3 nitrogen and oxygen atoms in total. The van der Waals surface area contributed by atoms with Gasteiger partial charge in [-0.3, -0.25) is 4.79 Å². The SMILES string of the molecule is CCC(C)c1ccccc1OCC1(CC(=O)O)CC1. The lowest BCUT2D eigenvalue weighted by Crippen LogP contribution is -2.18. The minimum absolute atomic E-state index is 0.117. The Morgan fingerprint density at radius 3 is 2.68 bits per heavy atom. The van der Waals surface area contributed by atoms with Crippen molar-refractivity contribution < 1.29 is 14.6 Å². The van der Waals surface area contributed by atoms with E-state index >= 15 is 0 Å². The van der Waals surface area contributed by atoms with Gasteiger partial charge in [0.05, 0.1) is 13.0 Å². The van der Waals surface area contributed by atoms with Crippen molar-refractivity contribution in [1.82, 2.24) is 0 Å². The number of benzene rings is 1. The summed E-state index contributed by atoms with van der Waals surface area (Å²) >= 11 is 0. The molecule has 19 heavy (non-hydrogen) atoms. The van der Waals surface area contributed by atoms with Gasteiger partial charge in [0.1, 0.15) is 5.75 Å². The molecule has 0 amide bonds. The van der Waals surface area contributed by atoms with E-state index in [4.69, 9.17) is 9.84 Å². The Kier molecular flexibility index (Phi) is 4.13. The minimum Gasteiger partial charge on any atom is -0.493 e. The second kappa shape index (κ2) is 5.64. The molecule has 1 aromatic rings. The van der Waals surface area contributed by atoms with E-state index in [1.807, 2.05) is 18.2 Å². The molecule has 104 valence electrons. The van der Waals surface area contributed by atoms with Crippen LogP contribution in [0.25, 0.3) is 0 Å². The Morgan fingerprint density at radius 2 is 2.11 bits per heavy atom. The zero-order valence-corrected chi connectivity index (χ0v) is 11.7. The number of carboxylic acids is 1. The van der Waals surface area contributed by atoms with Gasteiger partial charge in [-0.25, -0.2) is 0 Å². The summed E-state index contributed by atoms with van der Waals surface area (Å²) in [6, 6.07) is 8.08. The third-order valence-electron chi connectivity index (χ3n) is 4.08. The number of ether oxygens (including phenoxy) is 1.